The number of hydrogen-bond donors (Lipinski definition) is 0. The molecule has 0 spiro atoms. The molecule has 138 valence electrons. The number of hydrogen-bond acceptors (Lipinski definition) is 1. The monoisotopic (exact) mass is 364 g/mol. The molecule has 0 aliphatic carbocycles. The van der Waals surface area contributed by atoms with E-state index in [0.29, 0.717) is 0 Å². The fraction of sp³-hybridized carbons (Fsp3) is 0.111. The van der Waals surface area contributed by atoms with Crippen molar-refractivity contribution in [2.45, 2.75) is 20.8 Å². The third-order valence-electron chi connectivity index (χ3n) is 4.99. The van der Waals surface area contributed by atoms with Crippen LogP contribution in [0.15, 0.2) is 95.4 Å². The first kappa shape index (κ1) is 18.1. The predicted molar refractivity (Wildman–Crippen MR) is 121 cm³/mol. The van der Waals surface area contributed by atoms with E-state index in [1.54, 1.807) is 0 Å². The van der Waals surface area contributed by atoms with E-state index in [0.717, 1.165) is 16.7 Å². The highest BCUT2D eigenvalue weighted by Gasteiger charge is 2.11. The molecule has 28 heavy (non-hydrogen) atoms. The third kappa shape index (κ3) is 3.20. The Bertz CT molecular complexity index is 1210. The zero-order chi connectivity index (χ0) is 19.5. The highest BCUT2D eigenvalue weighted by Crippen LogP contribution is 2.36. The van der Waals surface area contributed by atoms with Crippen molar-refractivity contribution in [2.24, 2.45) is 0 Å². The minimum atomic E-state index is 0.936. The Hall–Kier alpha value is -3.32. The molecule has 0 amide bonds. The number of fused-ring (bicyclic) bond motifs is 3. The number of aryl methyl sites for hydroxylation is 1. The van der Waals surface area contributed by atoms with E-state index in [1.807, 2.05) is 26.0 Å². The average Bonchev–Trinajstić information content (AvgIpc) is 3.15. The van der Waals surface area contributed by atoms with Gasteiger partial charge in [0.15, 0.2) is 0 Å². The van der Waals surface area contributed by atoms with Crippen molar-refractivity contribution in [1.29, 1.82) is 0 Å². The molecule has 0 saturated carbocycles. The Labute approximate surface area is 166 Å². The zero-order valence-electron chi connectivity index (χ0n) is 16.6. The fourth-order valence-electron chi connectivity index (χ4n) is 3.56. The number of para-hydroxylation sites is 2. The van der Waals surface area contributed by atoms with Crippen LogP contribution in [0.5, 0.6) is 0 Å². The van der Waals surface area contributed by atoms with Crippen LogP contribution in [0.4, 0.5) is 0 Å². The summed E-state index contributed by atoms with van der Waals surface area (Å²) < 4.78 is 6.17. The standard InChI is InChI=1S/C25H18O.C2H6/c1-17-9-11-18(12-10-17)19-13-15-20(16-14-19)21-6-4-7-23-22-5-2-3-8-24(22)26-25(21)23;1-2/h2-16H,1H3;1-2H3. The van der Waals surface area contributed by atoms with Gasteiger partial charge in [-0.25, -0.2) is 0 Å². The summed E-state index contributed by atoms with van der Waals surface area (Å²) >= 11 is 0. The molecule has 0 atom stereocenters. The van der Waals surface area contributed by atoms with Gasteiger partial charge < -0.3 is 4.42 Å². The minimum absolute atomic E-state index is 0.936. The van der Waals surface area contributed by atoms with Gasteiger partial charge in [0, 0.05) is 16.3 Å². The molecular formula is C27H24O. The predicted octanol–water partition coefficient (Wildman–Crippen LogP) is 8.25. The largest absolute Gasteiger partial charge is 0.455 e. The topological polar surface area (TPSA) is 13.1 Å². The molecule has 0 saturated heterocycles. The van der Waals surface area contributed by atoms with E-state index < -0.39 is 0 Å². The van der Waals surface area contributed by atoms with Gasteiger partial charge in [-0.15, -0.1) is 0 Å². The van der Waals surface area contributed by atoms with E-state index in [9.17, 15) is 0 Å². The van der Waals surface area contributed by atoms with Crippen molar-refractivity contribution in [3.05, 3.63) is 96.6 Å². The molecule has 1 heteroatoms. The molecule has 0 fully saturated rings. The maximum Gasteiger partial charge on any atom is 0.143 e. The lowest BCUT2D eigenvalue weighted by molar-refractivity contribution is 0.670. The van der Waals surface area contributed by atoms with Crippen molar-refractivity contribution >= 4 is 21.9 Å². The molecule has 4 aromatic carbocycles. The lowest BCUT2D eigenvalue weighted by atomic mass is 9.98. The Kier molecular flexibility index (Phi) is 4.99. The molecule has 0 bridgehead atoms. The first-order valence-corrected chi connectivity index (χ1v) is 9.87. The zero-order valence-corrected chi connectivity index (χ0v) is 16.6. The average molecular weight is 364 g/mol. The van der Waals surface area contributed by atoms with Gasteiger partial charge in [0.25, 0.3) is 0 Å². The van der Waals surface area contributed by atoms with E-state index in [4.69, 9.17) is 4.42 Å². The van der Waals surface area contributed by atoms with Gasteiger partial charge in [0.1, 0.15) is 11.2 Å². The van der Waals surface area contributed by atoms with Gasteiger partial charge in [0.2, 0.25) is 0 Å². The molecule has 5 aromatic rings. The second kappa shape index (κ2) is 7.74. The molecule has 0 aliphatic heterocycles. The van der Waals surface area contributed by atoms with Crippen LogP contribution in [-0.4, -0.2) is 0 Å². The maximum absolute atomic E-state index is 6.17. The Morgan fingerprint density at radius 3 is 1.82 bits per heavy atom. The molecule has 1 aromatic heterocycles. The number of benzene rings is 4. The van der Waals surface area contributed by atoms with E-state index in [-0.39, 0.29) is 0 Å². The van der Waals surface area contributed by atoms with Crippen LogP contribution >= 0.6 is 0 Å². The van der Waals surface area contributed by atoms with Crippen molar-refractivity contribution in [2.75, 3.05) is 0 Å². The summed E-state index contributed by atoms with van der Waals surface area (Å²) in [6.07, 6.45) is 0. The van der Waals surface area contributed by atoms with Gasteiger partial charge >= 0.3 is 0 Å². The van der Waals surface area contributed by atoms with Crippen molar-refractivity contribution < 1.29 is 4.42 Å². The molecular weight excluding hydrogens is 340 g/mol. The van der Waals surface area contributed by atoms with Crippen LogP contribution in [0.25, 0.3) is 44.2 Å². The van der Waals surface area contributed by atoms with Gasteiger partial charge in [-0.1, -0.05) is 104 Å². The molecule has 0 radical (unpaired) electrons. The Morgan fingerprint density at radius 1 is 0.536 bits per heavy atom. The second-order valence-corrected chi connectivity index (χ2v) is 6.72. The van der Waals surface area contributed by atoms with Gasteiger partial charge in [-0.05, 0) is 29.7 Å². The van der Waals surface area contributed by atoms with Crippen molar-refractivity contribution in [1.82, 2.24) is 0 Å². The van der Waals surface area contributed by atoms with Crippen LogP contribution < -0.4 is 0 Å². The highest BCUT2D eigenvalue weighted by molar-refractivity contribution is 6.09. The van der Waals surface area contributed by atoms with Crippen LogP contribution in [-0.2, 0) is 0 Å². The first-order valence-electron chi connectivity index (χ1n) is 9.87. The third-order valence-corrected chi connectivity index (χ3v) is 4.99. The summed E-state index contributed by atoms with van der Waals surface area (Å²) in [5.41, 5.74) is 7.94. The molecule has 1 heterocycles. The summed E-state index contributed by atoms with van der Waals surface area (Å²) in [6, 6.07) is 31.9. The summed E-state index contributed by atoms with van der Waals surface area (Å²) in [7, 11) is 0. The van der Waals surface area contributed by atoms with Crippen LogP contribution in [0.1, 0.15) is 19.4 Å². The molecule has 5 rings (SSSR count). The van der Waals surface area contributed by atoms with Crippen LogP contribution in [0.2, 0.25) is 0 Å². The second-order valence-electron chi connectivity index (χ2n) is 6.72. The summed E-state index contributed by atoms with van der Waals surface area (Å²) in [4.78, 5) is 0. The minimum Gasteiger partial charge on any atom is -0.455 e. The summed E-state index contributed by atoms with van der Waals surface area (Å²) in [6.45, 7) is 6.11. The lowest BCUT2D eigenvalue weighted by Gasteiger charge is -2.06. The van der Waals surface area contributed by atoms with E-state index in [1.165, 1.54) is 33.0 Å². The SMILES string of the molecule is CC.Cc1ccc(-c2ccc(-c3cccc4c3oc3ccccc34)cc2)cc1. The fourth-order valence-corrected chi connectivity index (χ4v) is 3.56. The Balaban J connectivity index is 0.000000932. The normalized spacial score (nSPS) is 10.7. The molecule has 0 aliphatic rings. The van der Waals surface area contributed by atoms with Crippen molar-refractivity contribution in [3.8, 4) is 22.3 Å². The van der Waals surface area contributed by atoms with Crippen LogP contribution in [0, 0.1) is 6.92 Å². The smallest absolute Gasteiger partial charge is 0.143 e. The van der Waals surface area contributed by atoms with Crippen LogP contribution in [0.3, 0.4) is 0 Å². The number of rotatable bonds is 2. The van der Waals surface area contributed by atoms with Gasteiger partial charge in [-0.3, -0.25) is 0 Å². The molecule has 1 nitrogen and oxygen atoms in total. The molecule has 0 N–H and O–H groups in total. The molecule has 0 unspecified atom stereocenters. The maximum atomic E-state index is 6.17. The highest BCUT2D eigenvalue weighted by atomic mass is 16.3. The number of furan rings is 1. The van der Waals surface area contributed by atoms with Gasteiger partial charge in [-0.2, -0.15) is 0 Å². The summed E-state index contributed by atoms with van der Waals surface area (Å²) in [5.74, 6) is 0. The van der Waals surface area contributed by atoms with E-state index in [2.05, 4.69) is 85.8 Å². The van der Waals surface area contributed by atoms with Crippen molar-refractivity contribution in [3.63, 3.8) is 0 Å². The first-order chi connectivity index (χ1) is 13.8. The Morgan fingerprint density at radius 2 is 1.11 bits per heavy atom. The van der Waals surface area contributed by atoms with Gasteiger partial charge in [0.05, 0.1) is 0 Å². The lowest BCUT2D eigenvalue weighted by Crippen LogP contribution is -1.81. The summed E-state index contributed by atoms with van der Waals surface area (Å²) in [5, 5.41) is 2.33. The quantitative estimate of drug-likeness (QED) is 0.307. The van der Waals surface area contributed by atoms with E-state index >= 15 is 0 Å².